The van der Waals surface area contributed by atoms with E-state index in [0.29, 0.717) is 6.54 Å². The molecule has 0 saturated heterocycles. The first-order valence-electron chi connectivity index (χ1n) is 6.46. The highest BCUT2D eigenvalue weighted by Gasteiger charge is 2.16. The van der Waals surface area contributed by atoms with E-state index in [4.69, 9.17) is 0 Å². The van der Waals surface area contributed by atoms with E-state index in [-0.39, 0.29) is 0 Å². The Morgan fingerprint density at radius 1 is 1.24 bits per heavy atom. The second-order valence-electron chi connectivity index (χ2n) is 5.94. The third-order valence-electron chi connectivity index (χ3n) is 3.27. The van der Waals surface area contributed by atoms with Crippen molar-refractivity contribution in [3.05, 3.63) is 34.9 Å². The summed E-state index contributed by atoms with van der Waals surface area (Å²) in [6.45, 7) is 5.32. The Bertz CT molecular complexity index is 392. The summed E-state index contributed by atoms with van der Waals surface area (Å²) in [7, 11) is 2.06. The van der Waals surface area contributed by atoms with Crippen molar-refractivity contribution < 1.29 is 5.11 Å². The molecule has 1 aromatic rings. The number of hydrogen-bond donors (Lipinski definition) is 1. The minimum absolute atomic E-state index is 0.620. The molecule has 1 N–H and O–H groups in total. The first-order valence-corrected chi connectivity index (χ1v) is 6.46. The predicted octanol–water partition coefficient (Wildman–Crippen LogP) is 2.38. The monoisotopic (exact) mass is 233 g/mol. The first-order chi connectivity index (χ1) is 7.94. The van der Waals surface area contributed by atoms with Gasteiger partial charge in [0.25, 0.3) is 0 Å². The van der Waals surface area contributed by atoms with Crippen LogP contribution in [-0.4, -0.2) is 29.2 Å². The molecule has 0 spiro atoms. The van der Waals surface area contributed by atoms with E-state index in [1.165, 1.54) is 36.0 Å². The largest absolute Gasteiger partial charge is 0.389 e. The highest BCUT2D eigenvalue weighted by Crippen LogP contribution is 2.23. The summed E-state index contributed by atoms with van der Waals surface area (Å²) in [5.74, 6) is 0. The van der Waals surface area contributed by atoms with Crippen LogP contribution in [0.1, 0.15) is 37.0 Å². The van der Waals surface area contributed by atoms with Gasteiger partial charge in [-0.15, -0.1) is 0 Å². The molecule has 0 radical (unpaired) electrons. The van der Waals surface area contributed by atoms with Crippen LogP contribution in [0.15, 0.2) is 18.2 Å². The molecule has 17 heavy (non-hydrogen) atoms. The Hall–Kier alpha value is -0.860. The average molecular weight is 233 g/mol. The van der Waals surface area contributed by atoms with Crippen LogP contribution < -0.4 is 0 Å². The lowest BCUT2D eigenvalue weighted by Gasteiger charge is -2.25. The Labute approximate surface area is 104 Å². The zero-order chi connectivity index (χ0) is 12.5. The topological polar surface area (TPSA) is 23.5 Å². The van der Waals surface area contributed by atoms with Crippen molar-refractivity contribution >= 4 is 0 Å². The van der Waals surface area contributed by atoms with Gasteiger partial charge < -0.3 is 5.11 Å². The molecule has 0 aliphatic heterocycles. The second-order valence-corrected chi connectivity index (χ2v) is 5.94. The Balaban J connectivity index is 1.99. The zero-order valence-electron chi connectivity index (χ0n) is 11.2. The number of rotatable bonds is 4. The molecule has 0 saturated carbocycles. The fraction of sp³-hybridized carbons (Fsp3) is 0.600. The lowest BCUT2D eigenvalue weighted by Crippen LogP contribution is -2.35. The maximum Gasteiger partial charge on any atom is 0.0718 e. The van der Waals surface area contributed by atoms with Crippen LogP contribution in [0, 0.1) is 0 Å². The Kier molecular flexibility index (Phi) is 3.55. The standard InChI is InChI=1S/C15H23NO/c1-15(2,17)11-16(3)10-12-7-8-13-5-4-6-14(13)9-12/h7-9,17H,4-6,10-11H2,1-3H3. The highest BCUT2D eigenvalue weighted by molar-refractivity contribution is 5.35. The SMILES string of the molecule is CN(Cc1ccc2c(c1)CCC2)CC(C)(C)O. The van der Waals surface area contributed by atoms with Crippen molar-refractivity contribution in [3.8, 4) is 0 Å². The van der Waals surface area contributed by atoms with E-state index < -0.39 is 5.60 Å². The van der Waals surface area contributed by atoms with E-state index in [1.807, 2.05) is 13.8 Å². The molecule has 0 atom stereocenters. The maximum atomic E-state index is 9.78. The molecule has 0 aromatic heterocycles. The van der Waals surface area contributed by atoms with Gasteiger partial charge in [-0.05, 0) is 56.8 Å². The van der Waals surface area contributed by atoms with Crippen molar-refractivity contribution in [2.24, 2.45) is 0 Å². The minimum Gasteiger partial charge on any atom is -0.389 e. The smallest absolute Gasteiger partial charge is 0.0718 e. The maximum absolute atomic E-state index is 9.78. The molecular formula is C15H23NO. The molecule has 1 aliphatic rings. The van der Waals surface area contributed by atoms with Gasteiger partial charge in [-0.25, -0.2) is 0 Å². The van der Waals surface area contributed by atoms with Crippen molar-refractivity contribution in [3.63, 3.8) is 0 Å². The van der Waals surface area contributed by atoms with E-state index in [0.717, 1.165) is 6.54 Å². The van der Waals surface area contributed by atoms with Crippen molar-refractivity contribution in [1.29, 1.82) is 0 Å². The van der Waals surface area contributed by atoms with Gasteiger partial charge in [0, 0.05) is 13.1 Å². The van der Waals surface area contributed by atoms with Crippen LogP contribution in [0.5, 0.6) is 0 Å². The summed E-state index contributed by atoms with van der Waals surface area (Å²) >= 11 is 0. The van der Waals surface area contributed by atoms with E-state index in [9.17, 15) is 5.11 Å². The molecule has 1 aromatic carbocycles. The lowest BCUT2D eigenvalue weighted by molar-refractivity contribution is 0.0425. The minimum atomic E-state index is -0.620. The lowest BCUT2D eigenvalue weighted by atomic mass is 10.1. The summed E-state index contributed by atoms with van der Waals surface area (Å²) < 4.78 is 0. The van der Waals surface area contributed by atoms with Gasteiger partial charge in [0.2, 0.25) is 0 Å². The number of fused-ring (bicyclic) bond motifs is 1. The van der Waals surface area contributed by atoms with Gasteiger partial charge >= 0.3 is 0 Å². The predicted molar refractivity (Wildman–Crippen MR) is 71.1 cm³/mol. The van der Waals surface area contributed by atoms with Crippen LogP contribution in [0.4, 0.5) is 0 Å². The molecule has 94 valence electrons. The quantitative estimate of drug-likeness (QED) is 0.863. The number of benzene rings is 1. The van der Waals surface area contributed by atoms with Crippen molar-refractivity contribution in [2.45, 2.75) is 45.3 Å². The number of likely N-dealkylation sites (N-methyl/N-ethyl adjacent to an activating group) is 1. The fourth-order valence-electron chi connectivity index (χ4n) is 2.75. The molecule has 2 heteroatoms. The zero-order valence-corrected chi connectivity index (χ0v) is 11.2. The van der Waals surface area contributed by atoms with Crippen molar-refractivity contribution in [2.75, 3.05) is 13.6 Å². The van der Waals surface area contributed by atoms with E-state index in [2.05, 4.69) is 30.1 Å². The van der Waals surface area contributed by atoms with E-state index in [1.54, 1.807) is 0 Å². The molecular weight excluding hydrogens is 210 g/mol. The molecule has 1 aliphatic carbocycles. The summed E-state index contributed by atoms with van der Waals surface area (Å²) in [5, 5.41) is 9.78. The first kappa shape index (κ1) is 12.6. The average Bonchev–Trinajstić information content (AvgIpc) is 2.61. The van der Waals surface area contributed by atoms with Gasteiger partial charge in [-0.3, -0.25) is 4.90 Å². The number of nitrogens with zero attached hydrogens (tertiary/aromatic N) is 1. The fourth-order valence-corrected chi connectivity index (χ4v) is 2.75. The summed E-state index contributed by atoms with van der Waals surface area (Å²) in [6, 6.07) is 6.84. The third-order valence-corrected chi connectivity index (χ3v) is 3.27. The van der Waals surface area contributed by atoms with Crippen molar-refractivity contribution in [1.82, 2.24) is 4.90 Å². The van der Waals surface area contributed by atoms with Gasteiger partial charge in [-0.1, -0.05) is 18.2 Å². The van der Waals surface area contributed by atoms with Crippen LogP contribution in [0.25, 0.3) is 0 Å². The molecule has 2 rings (SSSR count). The van der Waals surface area contributed by atoms with Gasteiger partial charge in [0.15, 0.2) is 0 Å². The molecule has 0 amide bonds. The van der Waals surface area contributed by atoms with Crippen LogP contribution >= 0.6 is 0 Å². The number of aryl methyl sites for hydroxylation is 2. The second kappa shape index (κ2) is 4.79. The summed E-state index contributed by atoms with van der Waals surface area (Å²) in [6.07, 6.45) is 3.78. The molecule has 2 nitrogen and oxygen atoms in total. The Morgan fingerprint density at radius 3 is 2.65 bits per heavy atom. The number of aliphatic hydroxyl groups is 1. The Morgan fingerprint density at radius 2 is 1.94 bits per heavy atom. The van der Waals surface area contributed by atoms with Gasteiger partial charge in [0.05, 0.1) is 5.60 Å². The normalized spacial score (nSPS) is 15.4. The summed E-state index contributed by atoms with van der Waals surface area (Å²) in [5.41, 5.74) is 3.79. The van der Waals surface area contributed by atoms with Crippen LogP contribution in [0.2, 0.25) is 0 Å². The summed E-state index contributed by atoms with van der Waals surface area (Å²) in [4.78, 5) is 2.18. The van der Waals surface area contributed by atoms with E-state index >= 15 is 0 Å². The number of hydrogen-bond acceptors (Lipinski definition) is 2. The molecule has 0 unspecified atom stereocenters. The molecule has 0 bridgehead atoms. The highest BCUT2D eigenvalue weighted by atomic mass is 16.3. The van der Waals surface area contributed by atoms with Crippen LogP contribution in [0.3, 0.4) is 0 Å². The molecule has 0 heterocycles. The molecule has 0 fully saturated rings. The van der Waals surface area contributed by atoms with Crippen LogP contribution in [-0.2, 0) is 19.4 Å². The third kappa shape index (κ3) is 3.55. The van der Waals surface area contributed by atoms with Gasteiger partial charge in [0.1, 0.15) is 0 Å². The van der Waals surface area contributed by atoms with Gasteiger partial charge in [-0.2, -0.15) is 0 Å².